The standard InChI is InChI=1S/C16H25NO2/c1-5-6-11-17(4)16(18)12-19-15-9-7-14(8-10-15)13(2)3/h7-10,13H,5-6,11-12H2,1-4H3. The maximum absolute atomic E-state index is 11.8. The van der Waals surface area contributed by atoms with Crippen molar-refractivity contribution < 1.29 is 9.53 Å². The minimum absolute atomic E-state index is 0.0291. The highest BCUT2D eigenvalue weighted by molar-refractivity contribution is 5.77. The van der Waals surface area contributed by atoms with Crippen LogP contribution in [-0.2, 0) is 4.79 Å². The molecule has 106 valence electrons. The van der Waals surface area contributed by atoms with E-state index in [1.807, 2.05) is 31.3 Å². The number of unbranched alkanes of at least 4 members (excludes halogenated alkanes) is 1. The molecule has 0 saturated heterocycles. The number of hydrogen-bond acceptors (Lipinski definition) is 2. The van der Waals surface area contributed by atoms with Crippen LogP contribution in [0.5, 0.6) is 5.75 Å². The van der Waals surface area contributed by atoms with Crippen LogP contribution in [0.25, 0.3) is 0 Å². The van der Waals surface area contributed by atoms with Gasteiger partial charge in [0.15, 0.2) is 6.61 Å². The predicted octanol–water partition coefficient (Wildman–Crippen LogP) is 3.45. The summed E-state index contributed by atoms with van der Waals surface area (Å²) in [6.45, 7) is 7.33. The van der Waals surface area contributed by atoms with Gasteiger partial charge in [-0.2, -0.15) is 0 Å². The zero-order valence-corrected chi connectivity index (χ0v) is 12.5. The van der Waals surface area contributed by atoms with Gasteiger partial charge < -0.3 is 9.64 Å². The Balaban J connectivity index is 2.41. The Bertz CT molecular complexity index is 384. The first-order valence-electron chi connectivity index (χ1n) is 7.01. The Morgan fingerprint density at radius 3 is 2.42 bits per heavy atom. The summed E-state index contributed by atoms with van der Waals surface area (Å²) < 4.78 is 5.51. The van der Waals surface area contributed by atoms with Crippen molar-refractivity contribution in [1.29, 1.82) is 0 Å². The summed E-state index contributed by atoms with van der Waals surface area (Å²) in [5.41, 5.74) is 1.28. The van der Waals surface area contributed by atoms with E-state index in [1.165, 1.54) is 5.56 Å². The summed E-state index contributed by atoms with van der Waals surface area (Å²) in [6, 6.07) is 7.94. The summed E-state index contributed by atoms with van der Waals surface area (Å²) in [5.74, 6) is 1.29. The van der Waals surface area contributed by atoms with Crippen LogP contribution in [0.4, 0.5) is 0 Å². The SMILES string of the molecule is CCCCN(C)C(=O)COc1ccc(C(C)C)cc1. The van der Waals surface area contributed by atoms with Gasteiger partial charge in [0.2, 0.25) is 0 Å². The van der Waals surface area contributed by atoms with Gasteiger partial charge in [0, 0.05) is 13.6 Å². The third-order valence-electron chi connectivity index (χ3n) is 3.18. The van der Waals surface area contributed by atoms with Crippen molar-refractivity contribution in [3.05, 3.63) is 29.8 Å². The maximum atomic E-state index is 11.8. The molecule has 3 heteroatoms. The second kappa shape index (κ2) is 7.82. The lowest BCUT2D eigenvalue weighted by atomic mass is 10.0. The molecule has 19 heavy (non-hydrogen) atoms. The zero-order chi connectivity index (χ0) is 14.3. The van der Waals surface area contributed by atoms with Crippen molar-refractivity contribution in [3.8, 4) is 5.75 Å². The van der Waals surface area contributed by atoms with E-state index in [-0.39, 0.29) is 12.5 Å². The molecule has 3 nitrogen and oxygen atoms in total. The molecule has 1 aromatic rings. The van der Waals surface area contributed by atoms with Crippen LogP contribution in [0.3, 0.4) is 0 Å². The van der Waals surface area contributed by atoms with Gasteiger partial charge in [0.05, 0.1) is 0 Å². The molecular weight excluding hydrogens is 238 g/mol. The Hall–Kier alpha value is -1.51. The molecule has 0 saturated carbocycles. The quantitative estimate of drug-likeness (QED) is 0.754. The van der Waals surface area contributed by atoms with Gasteiger partial charge in [-0.25, -0.2) is 0 Å². The minimum Gasteiger partial charge on any atom is -0.484 e. The third kappa shape index (κ3) is 5.33. The van der Waals surface area contributed by atoms with Crippen molar-refractivity contribution in [2.75, 3.05) is 20.2 Å². The summed E-state index contributed by atoms with van der Waals surface area (Å²) in [6.07, 6.45) is 2.13. The van der Waals surface area contributed by atoms with Crippen molar-refractivity contribution >= 4 is 5.91 Å². The Kier molecular flexibility index (Phi) is 6.40. The first-order chi connectivity index (χ1) is 9.04. The fourth-order valence-corrected chi connectivity index (χ4v) is 1.72. The molecule has 0 unspecified atom stereocenters. The molecule has 0 atom stereocenters. The van der Waals surface area contributed by atoms with E-state index in [0.29, 0.717) is 5.92 Å². The molecule has 0 radical (unpaired) electrons. The number of rotatable bonds is 7. The van der Waals surface area contributed by atoms with Crippen molar-refractivity contribution in [2.24, 2.45) is 0 Å². The van der Waals surface area contributed by atoms with Crippen LogP contribution in [0.2, 0.25) is 0 Å². The van der Waals surface area contributed by atoms with Crippen LogP contribution in [0, 0.1) is 0 Å². The molecule has 0 bridgehead atoms. The van der Waals surface area contributed by atoms with Crippen LogP contribution in [0.15, 0.2) is 24.3 Å². The third-order valence-corrected chi connectivity index (χ3v) is 3.18. The normalized spacial score (nSPS) is 10.6. The van der Waals surface area contributed by atoms with Gasteiger partial charge >= 0.3 is 0 Å². The molecule has 1 rings (SSSR count). The van der Waals surface area contributed by atoms with Gasteiger partial charge in [0.1, 0.15) is 5.75 Å². The van der Waals surface area contributed by atoms with Crippen LogP contribution in [0.1, 0.15) is 45.1 Å². The van der Waals surface area contributed by atoms with E-state index < -0.39 is 0 Å². The van der Waals surface area contributed by atoms with Crippen LogP contribution in [-0.4, -0.2) is 31.0 Å². The predicted molar refractivity (Wildman–Crippen MR) is 78.6 cm³/mol. The molecular formula is C16H25NO2. The number of likely N-dealkylation sites (N-methyl/N-ethyl adjacent to an activating group) is 1. The second-order valence-corrected chi connectivity index (χ2v) is 5.18. The van der Waals surface area contributed by atoms with Gasteiger partial charge in [-0.3, -0.25) is 4.79 Å². The number of carbonyl (C=O) groups excluding carboxylic acids is 1. The van der Waals surface area contributed by atoms with Gasteiger partial charge in [0.25, 0.3) is 5.91 Å². The number of hydrogen-bond donors (Lipinski definition) is 0. The fourth-order valence-electron chi connectivity index (χ4n) is 1.72. The zero-order valence-electron chi connectivity index (χ0n) is 12.5. The van der Waals surface area contributed by atoms with Crippen molar-refractivity contribution in [1.82, 2.24) is 4.90 Å². The second-order valence-electron chi connectivity index (χ2n) is 5.18. The monoisotopic (exact) mass is 263 g/mol. The van der Waals surface area contributed by atoms with Crippen molar-refractivity contribution in [3.63, 3.8) is 0 Å². The minimum atomic E-state index is 0.0291. The summed E-state index contributed by atoms with van der Waals surface area (Å²) >= 11 is 0. The van der Waals surface area contributed by atoms with Crippen LogP contribution >= 0.6 is 0 Å². The fraction of sp³-hybridized carbons (Fsp3) is 0.562. The largest absolute Gasteiger partial charge is 0.484 e. The number of carbonyl (C=O) groups is 1. The number of ether oxygens (including phenoxy) is 1. The molecule has 1 amide bonds. The highest BCUT2D eigenvalue weighted by Crippen LogP contribution is 2.18. The van der Waals surface area contributed by atoms with Gasteiger partial charge in [-0.15, -0.1) is 0 Å². The van der Waals surface area contributed by atoms with E-state index in [2.05, 4.69) is 20.8 Å². The molecule has 0 heterocycles. The summed E-state index contributed by atoms with van der Waals surface area (Å²) in [7, 11) is 1.82. The number of nitrogens with zero attached hydrogens (tertiary/aromatic N) is 1. The van der Waals surface area contributed by atoms with E-state index in [9.17, 15) is 4.79 Å². The average Bonchev–Trinajstić information content (AvgIpc) is 2.42. The number of benzene rings is 1. The first-order valence-corrected chi connectivity index (χ1v) is 7.01. The highest BCUT2D eigenvalue weighted by atomic mass is 16.5. The van der Waals surface area contributed by atoms with E-state index in [1.54, 1.807) is 4.90 Å². The van der Waals surface area contributed by atoms with E-state index in [4.69, 9.17) is 4.74 Å². The first kappa shape index (κ1) is 15.5. The smallest absolute Gasteiger partial charge is 0.260 e. The van der Waals surface area contributed by atoms with E-state index in [0.717, 1.165) is 25.1 Å². The molecule has 0 aliphatic heterocycles. The molecule has 0 fully saturated rings. The van der Waals surface area contributed by atoms with Crippen LogP contribution < -0.4 is 4.74 Å². The molecule has 0 N–H and O–H groups in total. The Labute approximate surface area is 116 Å². The topological polar surface area (TPSA) is 29.5 Å². The summed E-state index contributed by atoms with van der Waals surface area (Å²) in [5, 5.41) is 0. The molecule has 0 spiro atoms. The lowest BCUT2D eigenvalue weighted by molar-refractivity contribution is -0.132. The van der Waals surface area contributed by atoms with E-state index >= 15 is 0 Å². The lowest BCUT2D eigenvalue weighted by Gasteiger charge is -2.17. The molecule has 1 aromatic carbocycles. The van der Waals surface area contributed by atoms with Gasteiger partial charge in [-0.05, 0) is 30.0 Å². The summed E-state index contributed by atoms with van der Waals surface area (Å²) in [4.78, 5) is 13.5. The Morgan fingerprint density at radius 2 is 1.89 bits per heavy atom. The average molecular weight is 263 g/mol. The lowest BCUT2D eigenvalue weighted by Crippen LogP contribution is -2.32. The molecule has 0 aliphatic rings. The Morgan fingerprint density at radius 1 is 1.26 bits per heavy atom. The van der Waals surface area contributed by atoms with Gasteiger partial charge in [-0.1, -0.05) is 39.3 Å². The molecule has 0 aliphatic carbocycles. The maximum Gasteiger partial charge on any atom is 0.260 e. The highest BCUT2D eigenvalue weighted by Gasteiger charge is 2.08. The van der Waals surface area contributed by atoms with Crippen molar-refractivity contribution in [2.45, 2.75) is 39.5 Å². The molecule has 0 aromatic heterocycles. The number of amides is 1.